The van der Waals surface area contributed by atoms with Gasteiger partial charge in [0.05, 0.1) is 11.7 Å². The number of aliphatic carboxylic acids is 1. The van der Waals surface area contributed by atoms with Gasteiger partial charge >= 0.3 is 5.97 Å². The maximum absolute atomic E-state index is 12.2. The Labute approximate surface area is 116 Å². The van der Waals surface area contributed by atoms with Crippen LogP contribution in [0.5, 0.6) is 0 Å². The molecule has 1 fully saturated rings. The zero-order chi connectivity index (χ0) is 14.7. The van der Waals surface area contributed by atoms with Crippen LogP contribution < -0.4 is 0 Å². The number of piperidine rings is 1. The fourth-order valence-corrected chi connectivity index (χ4v) is 3.89. The van der Waals surface area contributed by atoms with Crippen molar-refractivity contribution in [1.82, 2.24) is 4.31 Å². The molecule has 6 heteroatoms. The summed E-state index contributed by atoms with van der Waals surface area (Å²) in [6.45, 7) is 6.84. The van der Waals surface area contributed by atoms with Crippen LogP contribution >= 0.6 is 0 Å². The summed E-state index contributed by atoms with van der Waals surface area (Å²) in [4.78, 5) is 11.0. The molecule has 1 unspecified atom stereocenters. The highest BCUT2D eigenvalue weighted by molar-refractivity contribution is 7.89. The molecule has 1 rings (SSSR count). The molecular formula is C13H25NO4S. The number of carbonyl (C=O) groups is 1. The second-order valence-electron chi connectivity index (χ2n) is 6.52. The summed E-state index contributed by atoms with van der Waals surface area (Å²) < 4.78 is 25.7. The van der Waals surface area contributed by atoms with Gasteiger partial charge in [-0.3, -0.25) is 4.79 Å². The van der Waals surface area contributed by atoms with Gasteiger partial charge in [-0.05, 0) is 31.1 Å². The molecule has 1 atom stereocenters. The smallest absolute Gasteiger partial charge is 0.307 e. The molecule has 5 nitrogen and oxygen atoms in total. The molecule has 1 aliphatic heterocycles. The van der Waals surface area contributed by atoms with Crippen molar-refractivity contribution in [1.29, 1.82) is 0 Å². The van der Waals surface area contributed by atoms with Gasteiger partial charge in [0.15, 0.2) is 0 Å². The Morgan fingerprint density at radius 2 is 2.00 bits per heavy atom. The lowest BCUT2D eigenvalue weighted by molar-refractivity contribution is -0.142. The van der Waals surface area contributed by atoms with Crippen molar-refractivity contribution in [3.05, 3.63) is 0 Å². The molecule has 0 aromatic heterocycles. The van der Waals surface area contributed by atoms with Crippen LogP contribution in [0.4, 0.5) is 0 Å². The average molecular weight is 291 g/mol. The van der Waals surface area contributed by atoms with E-state index in [9.17, 15) is 13.2 Å². The Morgan fingerprint density at radius 1 is 1.37 bits per heavy atom. The number of rotatable bonds is 5. The monoisotopic (exact) mass is 291 g/mol. The van der Waals surface area contributed by atoms with Crippen molar-refractivity contribution in [3.63, 3.8) is 0 Å². The van der Waals surface area contributed by atoms with Gasteiger partial charge in [0, 0.05) is 13.1 Å². The third-order valence-corrected chi connectivity index (χ3v) is 5.38. The summed E-state index contributed by atoms with van der Waals surface area (Å²) in [6.07, 6.45) is 2.68. The van der Waals surface area contributed by atoms with Crippen molar-refractivity contribution in [2.75, 3.05) is 18.8 Å². The first-order valence-corrected chi connectivity index (χ1v) is 8.43. The van der Waals surface area contributed by atoms with E-state index in [0.717, 1.165) is 6.42 Å². The first-order chi connectivity index (χ1) is 8.62. The third-order valence-electron chi connectivity index (χ3n) is 3.46. The van der Waals surface area contributed by atoms with E-state index < -0.39 is 21.9 Å². The zero-order valence-electron chi connectivity index (χ0n) is 12.1. The molecule has 0 saturated carbocycles. The molecule has 0 spiro atoms. The number of hydrogen-bond donors (Lipinski definition) is 1. The van der Waals surface area contributed by atoms with Crippen molar-refractivity contribution < 1.29 is 18.3 Å². The van der Waals surface area contributed by atoms with Crippen molar-refractivity contribution >= 4 is 16.0 Å². The molecule has 1 N–H and O–H groups in total. The Hall–Kier alpha value is -0.620. The maximum Gasteiger partial charge on any atom is 0.307 e. The first kappa shape index (κ1) is 16.4. The van der Waals surface area contributed by atoms with Gasteiger partial charge in [0.25, 0.3) is 0 Å². The second kappa shape index (κ2) is 6.22. The van der Waals surface area contributed by atoms with Crippen molar-refractivity contribution in [2.24, 2.45) is 11.3 Å². The van der Waals surface area contributed by atoms with Gasteiger partial charge in [-0.2, -0.15) is 0 Å². The van der Waals surface area contributed by atoms with Crippen LogP contribution in [0.1, 0.15) is 46.5 Å². The quantitative estimate of drug-likeness (QED) is 0.840. The molecule has 1 saturated heterocycles. The fraction of sp³-hybridized carbons (Fsp3) is 0.923. The van der Waals surface area contributed by atoms with Crippen molar-refractivity contribution in [3.8, 4) is 0 Å². The normalized spacial score (nSPS) is 22.4. The molecular weight excluding hydrogens is 266 g/mol. The molecule has 0 radical (unpaired) electrons. The number of hydrogen-bond acceptors (Lipinski definition) is 3. The lowest BCUT2D eigenvalue weighted by atomic mass is 9.91. The Kier molecular flexibility index (Phi) is 5.38. The highest BCUT2D eigenvalue weighted by Gasteiger charge is 2.32. The highest BCUT2D eigenvalue weighted by atomic mass is 32.2. The summed E-state index contributed by atoms with van der Waals surface area (Å²) >= 11 is 0. The summed E-state index contributed by atoms with van der Waals surface area (Å²) in [5.41, 5.74) is 0.126. The molecule has 112 valence electrons. The molecule has 19 heavy (non-hydrogen) atoms. The predicted octanol–water partition coefficient (Wildman–Crippen LogP) is 1.94. The molecule has 0 aromatic carbocycles. The Balaban J connectivity index is 2.55. The van der Waals surface area contributed by atoms with Gasteiger partial charge in [0.2, 0.25) is 10.0 Å². The number of carboxylic acids is 1. The van der Waals surface area contributed by atoms with E-state index in [4.69, 9.17) is 5.11 Å². The Bertz CT molecular complexity index is 411. The van der Waals surface area contributed by atoms with Gasteiger partial charge in [-0.15, -0.1) is 0 Å². The van der Waals surface area contributed by atoms with Crippen LogP contribution in [0, 0.1) is 11.3 Å². The minimum atomic E-state index is -3.30. The van der Waals surface area contributed by atoms with Crippen LogP contribution in [0.25, 0.3) is 0 Å². The molecule has 1 aliphatic rings. The lowest BCUT2D eigenvalue weighted by Gasteiger charge is -2.30. The summed E-state index contributed by atoms with van der Waals surface area (Å²) in [7, 11) is -3.30. The summed E-state index contributed by atoms with van der Waals surface area (Å²) in [5, 5.41) is 8.98. The standard InChI is InChI=1S/C13H25NO4S/c1-13(2,3)7-5-9-19(17,18)14-8-4-6-11(10-14)12(15)16/h11H,4-10H2,1-3H3,(H,15,16). The third kappa shape index (κ3) is 5.48. The Morgan fingerprint density at radius 3 is 2.53 bits per heavy atom. The van der Waals surface area contributed by atoms with E-state index in [2.05, 4.69) is 20.8 Å². The maximum atomic E-state index is 12.2. The molecule has 0 aliphatic carbocycles. The van der Waals surface area contributed by atoms with Crippen LogP contribution in [0.3, 0.4) is 0 Å². The van der Waals surface area contributed by atoms with E-state index in [1.807, 2.05) is 0 Å². The molecule has 0 aromatic rings. The zero-order valence-corrected chi connectivity index (χ0v) is 12.9. The van der Waals surface area contributed by atoms with E-state index in [0.29, 0.717) is 25.8 Å². The van der Waals surface area contributed by atoms with Crippen LogP contribution in [0.15, 0.2) is 0 Å². The minimum Gasteiger partial charge on any atom is -0.481 e. The van der Waals surface area contributed by atoms with Gasteiger partial charge < -0.3 is 5.11 Å². The molecule has 0 bridgehead atoms. The molecule has 1 heterocycles. The lowest BCUT2D eigenvalue weighted by Crippen LogP contribution is -2.43. The minimum absolute atomic E-state index is 0.122. The predicted molar refractivity (Wildman–Crippen MR) is 74.4 cm³/mol. The largest absolute Gasteiger partial charge is 0.481 e. The second-order valence-corrected chi connectivity index (χ2v) is 8.60. The van der Waals surface area contributed by atoms with Crippen LogP contribution in [-0.2, 0) is 14.8 Å². The SMILES string of the molecule is CC(C)(C)CCCS(=O)(=O)N1CCCC(C(=O)O)C1. The summed E-state index contributed by atoms with van der Waals surface area (Å²) in [5.74, 6) is -1.32. The van der Waals surface area contributed by atoms with E-state index >= 15 is 0 Å². The first-order valence-electron chi connectivity index (χ1n) is 6.82. The van der Waals surface area contributed by atoms with Crippen LogP contribution in [-0.4, -0.2) is 42.6 Å². The summed E-state index contributed by atoms with van der Waals surface area (Å²) in [6, 6.07) is 0. The van der Waals surface area contributed by atoms with Crippen LogP contribution in [0.2, 0.25) is 0 Å². The van der Waals surface area contributed by atoms with E-state index in [-0.39, 0.29) is 17.7 Å². The van der Waals surface area contributed by atoms with Gasteiger partial charge in [-0.1, -0.05) is 20.8 Å². The topological polar surface area (TPSA) is 74.7 Å². The van der Waals surface area contributed by atoms with E-state index in [1.165, 1.54) is 4.31 Å². The number of carboxylic acid groups (broad SMARTS) is 1. The molecule has 0 amide bonds. The van der Waals surface area contributed by atoms with Gasteiger partial charge in [-0.25, -0.2) is 12.7 Å². The fourth-order valence-electron chi connectivity index (χ4n) is 2.31. The van der Waals surface area contributed by atoms with Gasteiger partial charge in [0.1, 0.15) is 0 Å². The van der Waals surface area contributed by atoms with E-state index in [1.54, 1.807) is 0 Å². The van der Waals surface area contributed by atoms with Crippen molar-refractivity contribution in [2.45, 2.75) is 46.5 Å². The highest BCUT2D eigenvalue weighted by Crippen LogP contribution is 2.23. The number of nitrogens with zero attached hydrogens (tertiary/aromatic N) is 1. The average Bonchev–Trinajstić information content (AvgIpc) is 2.27. The number of sulfonamides is 1.